The molecule has 1 heterocycles. The Kier molecular flexibility index (Phi) is 45.9. The first kappa shape index (κ1) is 65.3. The van der Waals surface area contributed by atoms with Gasteiger partial charge in [0, 0.05) is 6.42 Å². The number of unbranched alkanes of at least 4 members (excludes halogenated alkanes) is 16. The Morgan fingerprint density at radius 2 is 0.901 bits per heavy atom. The lowest BCUT2D eigenvalue weighted by atomic mass is 9.99. The molecule has 1 aliphatic rings. The van der Waals surface area contributed by atoms with Crippen LogP contribution in [0, 0.1) is 0 Å². The van der Waals surface area contributed by atoms with Crippen LogP contribution in [0.3, 0.4) is 0 Å². The molecular weight excluding hydrogens is 887 g/mol. The van der Waals surface area contributed by atoms with Gasteiger partial charge in [-0.05, 0) is 103 Å². The Hall–Kier alpha value is -3.67. The first-order valence-corrected chi connectivity index (χ1v) is 27.9. The summed E-state index contributed by atoms with van der Waals surface area (Å²) in [5.41, 5.74) is 0. The topological polar surface area (TPSA) is 149 Å². The van der Waals surface area contributed by atoms with Crippen molar-refractivity contribution in [3.63, 3.8) is 0 Å². The van der Waals surface area contributed by atoms with E-state index in [1.165, 1.54) is 77.0 Å². The average molecular weight is 988 g/mol. The van der Waals surface area contributed by atoms with Crippen LogP contribution in [-0.4, -0.2) is 87.5 Å². The van der Waals surface area contributed by atoms with Crippen molar-refractivity contribution in [2.75, 3.05) is 13.2 Å². The Bertz CT molecular complexity index is 1570. The van der Waals surface area contributed by atoms with Gasteiger partial charge in [-0.15, -0.1) is 0 Å². The van der Waals surface area contributed by atoms with Gasteiger partial charge in [0.15, 0.2) is 6.29 Å². The number of carbonyl (C=O) groups excluding carboxylic acids is 1. The standard InChI is InChI=1S/C62H101NO8/c1-3-5-7-9-11-13-14-15-16-17-18-19-20-21-22-23-24-25-26-27-28-29-30-31-32-33-34-35-36-37-38-39-40-41-42-44-46-48-50-52-58(66)63-55(56(65)51-49-47-45-43-12-10-8-6-4-2)54-70-62-61(69)60(68)59(67)57(53-64)71-62/h4-7,11-13,15-16,18-19,21-22,24-25,27-28,30-31,43,49,51,55-57,59-62,64-65,67-69H,3,8-10,14,17,20,23,26,29,32-42,44-48,50,52-54H2,1-2H3,(H,63,66)/b6-4+,7-5-,13-11-,16-15-,19-18-,22-21-,25-24-,28-27-,31-30-,43-12+,51-49+. The fourth-order valence-corrected chi connectivity index (χ4v) is 7.92. The molecular formula is C62H101NO8. The number of rotatable bonds is 45. The molecule has 1 rings (SSSR count). The zero-order valence-electron chi connectivity index (χ0n) is 44.4. The molecule has 0 aromatic rings. The molecule has 6 N–H and O–H groups in total. The smallest absolute Gasteiger partial charge is 0.220 e. The Morgan fingerprint density at radius 3 is 1.35 bits per heavy atom. The van der Waals surface area contributed by atoms with E-state index in [1.807, 2.05) is 19.1 Å². The number of hydrogen-bond acceptors (Lipinski definition) is 8. The maximum atomic E-state index is 13.0. The van der Waals surface area contributed by atoms with E-state index >= 15 is 0 Å². The summed E-state index contributed by atoms with van der Waals surface area (Å²) in [5, 5.41) is 54.1. The SMILES string of the molecule is C/C=C/CC/C=C/CC/C=C/C(O)C(COC1OC(CO)C(O)C(O)C1O)NC(=O)CCCCCCCCCCCCCCCC/C=C\C/C=C\C/C=C\C/C=C\C/C=C\C/C=C\C/C=C\C/C=C\CC. The summed E-state index contributed by atoms with van der Waals surface area (Å²) in [4.78, 5) is 13.0. The molecule has 0 aliphatic carbocycles. The number of aliphatic hydroxyl groups is 5. The van der Waals surface area contributed by atoms with E-state index in [2.05, 4.69) is 128 Å². The van der Waals surface area contributed by atoms with Crippen LogP contribution in [0.15, 0.2) is 134 Å². The second kappa shape index (κ2) is 49.9. The number of nitrogens with one attached hydrogen (secondary N) is 1. The van der Waals surface area contributed by atoms with Gasteiger partial charge in [-0.3, -0.25) is 4.79 Å². The number of aliphatic hydroxyl groups excluding tert-OH is 5. The Balaban J connectivity index is 2.08. The molecule has 7 unspecified atom stereocenters. The minimum atomic E-state index is -1.58. The van der Waals surface area contributed by atoms with Gasteiger partial charge in [0.2, 0.25) is 5.91 Å². The number of allylic oxidation sites excluding steroid dienone is 21. The maximum absolute atomic E-state index is 13.0. The van der Waals surface area contributed by atoms with Crippen molar-refractivity contribution in [1.29, 1.82) is 0 Å². The van der Waals surface area contributed by atoms with E-state index in [9.17, 15) is 30.3 Å². The van der Waals surface area contributed by atoms with Crippen LogP contribution in [-0.2, 0) is 14.3 Å². The zero-order valence-corrected chi connectivity index (χ0v) is 44.4. The summed E-state index contributed by atoms with van der Waals surface area (Å²) in [7, 11) is 0. The van der Waals surface area contributed by atoms with Crippen molar-refractivity contribution in [1.82, 2.24) is 5.32 Å². The summed E-state index contributed by atoms with van der Waals surface area (Å²) >= 11 is 0. The van der Waals surface area contributed by atoms with E-state index in [-0.39, 0.29) is 12.5 Å². The van der Waals surface area contributed by atoms with Crippen molar-refractivity contribution in [2.24, 2.45) is 0 Å². The van der Waals surface area contributed by atoms with Gasteiger partial charge >= 0.3 is 0 Å². The van der Waals surface area contributed by atoms with Crippen molar-refractivity contribution in [3.8, 4) is 0 Å². The van der Waals surface area contributed by atoms with Gasteiger partial charge in [0.1, 0.15) is 24.4 Å². The van der Waals surface area contributed by atoms with E-state index in [0.717, 1.165) is 96.3 Å². The lowest BCUT2D eigenvalue weighted by molar-refractivity contribution is -0.302. The van der Waals surface area contributed by atoms with Crippen LogP contribution in [0.1, 0.15) is 194 Å². The number of hydrogen-bond donors (Lipinski definition) is 6. The van der Waals surface area contributed by atoms with E-state index in [0.29, 0.717) is 6.42 Å². The van der Waals surface area contributed by atoms with Crippen molar-refractivity contribution in [3.05, 3.63) is 134 Å². The van der Waals surface area contributed by atoms with Gasteiger partial charge in [-0.2, -0.15) is 0 Å². The van der Waals surface area contributed by atoms with Crippen molar-refractivity contribution >= 4 is 5.91 Å². The Labute approximate surface area is 432 Å². The molecule has 1 saturated heterocycles. The van der Waals surface area contributed by atoms with Crippen molar-refractivity contribution in [2.45, 2.75) is 236 Å². The molecule has 0 saturated carbocycles. The second-order valence-corrected chi connectivity index (χ2v) is 18.6. The van der Waals surface area contributed by atoms with Gasteiger partial charge in [-0.1, -0.05) is 218 Å². The molecule has 9 heteroatoms. The molecule has 1 amide bonds. The summed E-state index contributed by atoms with van der Waals surface area (Å²) in [6.07, 6.45) is 69.9. The van der Waals surface area contributed by atoms with Crippen LogP contribution in [0.4, 0.5) is 0 Å². The summed E-state index contributed by atoms with van der Waals surface area (Å²) < 4.78 is 11.2. The molecule has 1 fully saturated rings. The minimum absolute atomic E-state index is 0.201. The molecule has 0 aromatic heterocycles. The predicted octanol–water partition coefficient (Wildman–Crippen LogP) is 13.7. The predicted molar refractivity (Wildman–Crippen MR) is 299 cm³/mol. The summed E-state index contributed by atoms with van der Waals surface area (Å²) in [5.74, 6) is -0.201. The van der Waals surface area contributed by atoms with Crippen LogP contribution in [0.2, 0.25) is 0 Å². The monoisotopic (exact) mass is 988 g/mol. The number of amides is 1. The van der Waals surface area contributed by atoms with Gasteiger partial charge < -0.3 is 40.3 Å². The molecule has 0 bridgehead atoms. The highest BCUT2D eigenvalue weighted by atomic mass is 16.7. The highest BCUT2D eigenvalue weighted by Crippen LogP contribution is 2.22. The van der Waals surface area contributed by atoms with Crippen LogP contribution >= 0.6 is 0 Å². The van der Waals surface area contributed by atoms with Crippen LogP contribution < -0.4 is 5.32 Å². The number of carbonyl (C=O) groups is 1. The zero-order chi connectivity index (χ0) is 51.5. The van der Waals surface area contributed by atoms with Crippen LogP contribution in [0.5, 0.6) is 0 Å². The van der Waals surface area contributed by atoms with Gasteiger partial charge in [0.25, 0.3) is 0 Å². The lowest BCUT2D eigenvalue weighted by Crippen LogP contribution is -2.60. The molecule has 7 atom stereocenters. The lowest BCUT2D eigenvalue weighted by Gasteiger charge is -2.40. The fraction of sp³-hybridized carbons (Fsp3) is 0.629. The summed E-state index contributed by atoms with van der Waals surface area (Å²) in [6, 6.07) is -0.834. The van der Waals surface area contributed by atoms with E-state index in [4.69, 9.17) is 9.47 Å². The molecule has 0 spiro atoms. The van der Waals surface area contributed by atoms with E-state index < -0.39 is 49.5 Å². The minimum Gasteiger partial charge on any atom is -0.394 e. The largest absolute Gasteiger partial charge is 0.394 e. The molecule has 0 radical (unpaired) electrons. The third kappa shape index (κ3) is 39.5. The van der Waals surface area contributed by atoms with Crippen LogP contribution in [0.25, 0.3) is 0 Å². The first-order chi connectivity index (χ1) is 34.8. The molecule has 0 aromatic carbocycles. The first-order valence-electron chi connectivity index (χ1n) is 27.9. The second-order valence-electron chi connectivity index (χ2n) is 18.6. The fourth-order valence-electron chi connectivity index (χ4n) is 7.92. The maximum Gasteiger partial charge on any atom is 0.220 e. The van der Waals surface area contributed by atoms with Gasteiger partial charge in [-0.25, -0.2) is 0 Å². The highest BCUT2D eigenvalue weighted by molar-refractivity contribution is 5.76. The Morgan fingerprint density at radius 1 is 0.507 bits per heavy atom. The quantitative estimate of drug-likeness (QED) is 0.0261. The average Bonchev–Trinajstić information content (AvgIpc) is 3.37. The van der Waals surface area contributed by atoms with E-state index in [1.54, 1.807) is 6.08 Å². The third-order valence-electron chi connectivity index (χ3n) is 12.3. The normalized spacial score (nSPS) is 20.4. The number of ether oxygens (including phenoxy) is 2. The molecule has 402 valence electrons. The van der Waals surface area contributed by atoms with Crippen molar-refractivity contribution < 1.29 is 39.8 Å². The van der Waals surface area contributed by atoms with Gasteiger partial charge in [0.05, 0.1) is 25.4 Å². The highest BCUT2D eigenvalue weighted by Gasteiger charge is 2.44. The third-order valence-corrected chi connectivity index (χ3v) is 12.3. The molecule has 9 nitrogen and oxygen atoms in total. The molecule has 71 heavy (non-hydrogen) atoms. The molecule has 1 aliphatic heterocycles. The summed E-state index contributed by atoms with van der Waals surface area (Å²) in [6.45, 7) is 3.38.